The quantitative estimate of drug-likeness (QED) is 0.792. The zero-order valence-electron chi connectivity index (χ0n) is 13.3. The number of hydrogen-bond donors (Lipinski definition) is 2. The number of amides is 1. The van der Waals surface area contributed by atoms with Crippen LogP contribution in [-0.2, 0) is 4.79 Å². The van der Waals surface area contributed by atoms with Crippen molar-refractivity contribution in [2.24, 2.45) is 0 Å². The highest BCUT2D eigenvalue weighted by molar-refractivity contribution is 6.30. The number of nitrogens with zero attached hydrogens (tertiary/aromatic N) is 1. The largest absolute Gasteiger partial charge is 0.495 e. The van der Waals surface area contributed by atoms with Crippen molar-refractivity contribution in [3.8, 4) is 5.75 Å². The lowest BCUT2D eigenvalue weighted by atomic mass is 10.2. The molecular formula is C15H24Cl3N3O2. The van der Waals surface area contributed by atoms with Gasteiger partial charge in [0.15, 0.2) is 0 Å². The van der Waals surface area contributed by atoms with E-state index in [-0.39, 0.29) is 30.7 Å². The van der Waals surface area contributed by atoms with Crippen molar-refractivity contribution in [2.75, 3.05) is 39.1 Å². The summed E-state index contributed by atoms with van der Waals surface area (Å²) in [7, 11) is 3.49. The van der Waals surface area contributed by atoms with Crippen LogP contribution < -0.4 is 15.4 Å². The van der Waals surface area contributed by atoms with Crippen molar-refractivity contribution in [3.05, 3.63) is 23.2 Å². The van der Waals surface area contributed by atoms with Crippen LogP contribution in [0.1, 0.15) is 12.8 Å². The molecule has 1 heterocycles. The third-order valence-corrected chi connectivity index (χ3v) is 4.03. The average molecular weight is 385 g/mol. The van der Waals surface area contributed by atoms with Crippen LogP contribution in [-0.4, -0.2) is 50.6 Å². The van der Waals surface area contributed by atoms with Gasteiger partial charge in [0, 0.05) is 37.6 Å². The summed E-state index contributed by atoms with van der Waals surface area (Å²) in [6, 6.07) is 5.70. The van der Waals surface area contributed by atoms with Gasteiger partial charge in [0.1, 0.15) is 5.75 Å². The van der Waals surface area contributed by atoms with Gasteiger partial charge in [-0.05, 0) is 31.2 Å². The Morgan fingerprint density at radius 2 is 2.22 bits per heavy atom. The second-order valence-electron chi connectivity index (χ2n) is 5.17. The van der Waals surface area contributed by atoms with Crippen LogP contribution >= 0.6 is 36.4 Å². The summed E-state index contributed by atoms with van der Waals surface area (Å²) >= 11 is 5.97. The molecule has 5 nitrogen and oxygen atoms in total. The SMILES string of the molecule is COc1ccc(Cl)cc1NCCC(=O)N(C)C1CCNC1.Cl.Cl. The summed E-state index contributed by atoms with van der Waals surface area (Å²) in [4.78, 5) is 14.0. The second-order valence-corrected chi connectivity index (χ2v) is 5.61. The van der Waals surface area contributed by atoms with E-state index in [1.165, 1.54) is 0 Å². The number of carbonyl (C=O) groups is 1. The minimum Gasteiger partial charge on any atom is -0.495 e. The standard InChI is InChI=1S/C15H22ClN3O2.2ClH/c1-19(12-5-7-17-10-12)15(20)6-8-18-13-9-11(16)3-4-14(13)21-2;;/h3-4,9,12,17-18H,5-8,10H2,1-2H3;2*1H. The first-order valence-corrected chi connectivity index (χ1v) is 7.53. The Morgan fingerprint density at radius 3 is 2.83 bits per heavy atom. The molecule has 1 saturated heterocycles. The normalized spacial score (nSPS) is 16.0. The molecule has 0 aliphatic carbocycles. The summed E-state index contributed by atoms with van der Waals surface area (Å²) in [6.45, 7) is 2.43. The number of carbonyl (C=O) groups excluding carboxylic acids is 1. The zero-order chi connectivity index (χ0) is 15.2. The Kier molecular flexibility index (Phi) is 10.4. The fourth-order valence-electron chi connectivity index (χ4n) is 2.47. The topological polar surface area (TPSA) is 53.6 Å². The predicted octanol–water partition coefficient (Wildman–Crippen LogP) is 2.81. The Hall–Kier alpha value is -0.880. The molecule has 1 amide bonds. The molecule has 1 fully saturated rings. The van der Waals surface area contributed by atoms with Crippen LogP contribution in [0.5, 0.6) is 5.75 Å². The Bertz CT molecular complexity index is 497. The van der Waals surface area contributed by atoms with Gasteiger partial charge in [-0.25, -0.2) is 0 Å². The molecule has 8 heteroatoms. The molecule has 1 aromatic rings. The first-order chi connectivity index (χ1) is 10.1. The fourth-order valence-corrected chi connectivity index (χ4v) is 2.64. The van der Waals surface area contributed by atoms with Crippen molar-refractivity contribution in [1.82, 2.24) is 10.2 Å². The lowest BCUT2D eigenvalue weighted by Gasteiger charge is -2.24. The first kappa shape index (κ1) is 22.1. The Labute approximate surface area is 154 Å². The number of ether oxygens (including phenoxy) is 1. The molecule has 0 saturated carbocycles. The van der Waals surface area contributed by atoms with E-state index in [4.69, 9.17) is 16.3 Å². The monoisotopic (exact) mass is 383 g/mol. The summed E-state index contributed by atoms with van der Waals surface area (Å²) in [5.74, 6) is 0.873. The van der Waals surface area contributed by atoms with Crippen LogP contribution in [0.3, 0.4) is 0 Å². The Morgan fingerprint density at radius 1 is 1.48 bits per heavy atom. The predicted molar refractivity (Wildman–Crippen MR) is 99.7 cm³/mol. The van der Waals surface area contributed by atoms with E-state index < -0.39 is 0 Å². The minimum atomic E-state index is 0. The fraction of sp³-hybridized carbons (Fsp3) is 0.533. The highest BCUT2D eigenvalue weighted by Gasteiger charge is 2.22. The summed E-state index contributed by atoms with van der Waals surface area (Å²) in [5.41, 5.74) is 0.808. The van der Waals surface area contributed by atoms with E-state index in [1.54, 1.807) is 19.2 Å². The maximum absolute atomic E-state index is 12.1. The van der Waals surface area contributed by atoms with E-state index in [2.05, 4.69) is 10.6 Å². The van der Waals surface area contributed by atoms with Gasteiger partial charge in [0.25, 0.3) is 0 Å². The molecule has 1 unspecified atom stereocenters. The lowest BCUT2D eigenvalue weighted by Crippen LogP contribution is -2.39. The highest BCUT2D eigenvalue weighted by atomic mass is 35.5. The second kappa shape index (κ2) is 10.8. The number of nitrogens with one attached hydrogen (secondary N) is 2. The summed E-state index contributed by atoms with van der Waals surface area (Å²) < 4.78 is 5.26. The maximum atomic E-state index is 12.1. The van der Waals surface area contributed by atoms with Gasteiger partial charge >= 0.3 is 0 Å². The number of halogens is 3. The van der Waals surface area contributed by atoms with Gasteiger partial charge in [0.05, 0.1) is 12.8 Å². The van der Waals surface area contributed by atoms with Crippen LogP contribution in [0.15, 0.2) is 18.2 Å². The van der Waals surface area contributed by atoms with Gasteiger partial charge < -0.3 is 20.3 Å². The average Bonchev–Trinajstić information content (AvgIpc) is 3.00. The highest BCUT2D eigenvalue weighted by Crippen LogP contribution is 2.27. The van der Waals surface area contributed by atoms with Crippen molar-refractivity contribution >= 4 is 48.0 Å². The molecule has 0 radical (unpaired) electrons. The van der Waals surface area contributed by atoms with E-state index >= 15 is 0 Å². The molecule has 1 aliphatic rings. The molecular weight excluding hydrogens is 361 g/mol. The van der Waals surface area contributed by atoms with Gasteiger partial charge in [-0.2, -0.15) is 0 Å². The Balaban J connectivity index is 0.00000242. The van der Waals surface area contributed by atoms with E-state index in [0.29, 0.717) is 24.0 Å². The van der Waals surface area contributed by atoms with E-state index in [9.17, 15) is 4.79 Å². The summed E-state index contributed by atoms with van der Waals surface area (Å²) in [6.07, 6.45) is 1.47. The number of likely N-dealkylation sites (N-methyl/N-ethyl adjacent to an activating group) is 1. The zero-order valence-corrected chi connectivity index (χ0v) is 15.7. The molecule has 0 aromatic heterocycles. The lowest BCUT2D eigenvalue weighted by molar-refractivity contribution is -0.131. The summed E-state index contributed by atoms with van der Waals surface area (Å²) in [5, 5.41) is 7.12. The minimum absolute atomic E-state index is 0. The van der Waals surface area contributed by atoms with Crippen LogP contribution in [0.4, 0.5) is 5.69 Å². The number of methoxy groups -OCH3 is 1. The van der Waals surface area contributed by atoms with Crippen molar-refractivity contribution < 1.29 is 9.53 Å². The van der Waals surface area contributed by atoms with Crippen LogP contribution in [0.25, 0.3) is 0 Å². The van der Waals surface area contributed by atoms with Gasteiger partial charge in [0.2, 0.25) is 5.91 Å². The number of anilines is 1. The molecule has 23 heavy (non-hydrogen) atoms. The maximum Gasteiger partial charge on any atom is 0.224 e. The van der Waals surface area contributed by atoms with Crippen molar-refractivity contribution in [2.45, 2.75) is 18.9 Å². The number of hydrogen-bond acceptors (Lipinski definition) is 4. The molecule has 2 N–H and O–H groups in total. The van der Waals surface area contributed by atoms with Crippen molar-refractivity contribution in [3.63, 3.8) is 0 Å². The molecule has 1 aliphatic heterocycles. The van der Waals surface area contributed by atoms with Crippen LogP contribution in [0, 0.1) is 0 Å². The molecule has 0 spiro atoms. The van der Waals surface area contributed by atoms with Gasteiger partial charge in [-0.1, -0.05) is 11.6 Å². The molecule has 0 bridgehead atoms. The molecule has 132 valence electrons. The van der Waals surface area contributed by atoms with E-state index in [1.807, 2.05) is 18.0 Å². The van der Waals surface area contributed by atoms with Crippen LogP contribution in [0.2, 0.25) is 5.02 Å². The number of benzene rings is 1. The van der Waals surface area contributed by atoms with Crippen molar-refractivity contribution in [1.29, 1.82) is 0 Å². The molecule has 1 aromatic carbocycles. The smallest absolute Gasteiger partial charge is 0.224 e. The molecule has 2 rings (SSSR count). The molecule has 1 atom stereocenters. The third-order valence-electron chi connectivity index (χ3n) is 3.79. The van der Waals surface area contributed by atoms with Gasteiger partial charge in [-0.3, -0.25) is 4.79 Å². The van der Waals surface area contributed by atoms with Gasteiger partial charge in [-0.15, -0.1) is 24.8 Å². The van der Waals surface area contributed by atoms with E-state index in [0.717, 1.165) is 30.9 Å². The third kappa shape index (κ3) is 6.26. The first-order valence-electron chi connectivity index (χ1n) is 7.15. The number of rotatable bonds is 6.